The zero-order valence-electron chi connectivity index (χ0n) is 12.1. The first kappa shape index (κ1) is 16.0. The zero-order valence-corrected chi connectivity index (χ0v) is 13.7. The van der Waals surface area contributed by atoms with Crippen molar-refractivity contribution >= 4 is 23.4 Å². The molecule has 21 heavy (non-hydrogen) atoms. The van der Waals surface area contributed by atoms with Gasteiger partial charge in [-0.15, -0.1) is 11.8 Å². The van der Waals surface area contributed by atoms with E-state index in [2.05, 4.69) is 0 Å². The fourth-order valence-corrected chi connectivity index (χ4v) is 2.71. The summed E-state index contributed by atoms with van der Waals surface area (Å²) in [6.45, 7) is 0. The molecule has 0 heterocycles. The Morgan fingerprint density at radius 2 is 1.62 bits per heavy atom. The summed E-state index contributed by atoms with van der Waals surface area (Å²) < 4.78 is 10.5. The molecule has 0 fully saturated rings. The normalized spacial score (nSPS) is 12.0. The summed E-state index contributed by atoms with van der Waals surface area (Å²) in [4.78, 5) is 1.14. The van der Waals surface area contributed by atoms with Gasteiger partial charge in [-0.2, -0.15) is 0 Å². The predicted molar refractivity (Wildman–Crippen MR) is 86.8 cm³/mol. The Hall–Kier alpha value is -1.36. The first-order valence-electron chi connectivity index (χ1n) is 6.34. The maximum Gasteiger partial charge on any atom is 0.162 e. The molecule has 0 aliphatic rings. The van der Waals surface area contributed by atoms with Crippen molar-refractivity contribution in [1.29, 1.82) is 0 Å². The fourth-order valence-electron chi connectivity index (χ4n) is 2.05. The van der Waals surface area contributed by atoms with E-state index in [1.807, 2.05) is 30.5 Å². The van der Waals surface area contributed by atoms with Gasteiger partial charge in [0.05, 0.1) is 19.2 Å². The van der Waals surface area contributed by atoms with Gasteiger partial charge in [-0.05, 0) is 30.0 Å². The molecule has 5 heteroatoms. The molecule has 1 N–H and O–H groups in total. The number of methoxy groups -OCH3 is 2. The van der Waals surface area contributed by atoms with Crippen LogP contribution in [0.15, 0.2) is 41.3 Å². The molecule has 2 aromatic rings. The van der Waals surface area contributed by atoms with Crippen LogP contribution in [0.3, 0.4) is 0 Å². The number of aliphatic hydroxyl groups is 1. The van der Waals surface area contributed by atoms with Gasteiger partial charge in [-0.25, -0.2) is 0 Å². The summed E-state index contributed by atoms with van der Waals surface area (Å²) in [5.74, 6) is 1.08. The number of halogens is 1. The zero-order chi connectivity index (χ0) is 15.4. The first-order chi connectivity index (χ1) is 10.1. The number of hydrogen-bond acceptors (Lipinski definition) is 4. The lowest BCUT2D eigenvalue weighted by Crippen LogP contribution is -2.02. The molecule has 0 saturated carbocycles. The second-order valence-corrected chi connectivity index (χ2v) is 5.69. The van der Waals surface area contributed by atoms with Crippen LogP contribution in [-0.4, -0.2) is 25.6 Å². The molecular formula is C16H17ClO3S. The second kappa shape index (κ2) is 7.07. The molecule has 0 amide bonds. The van der Waals surface area contributed by atoms with Crippen LogP contribution in [-0.2, 0) is 0 Å². The lowest BCUT2D eigenvalue weighted by atomic mass is 10.0. The molecule has 0 spiro atoms. The van der Waals surface area contributed by atoms with Crippen LogP contribution in [0.2, 0.25) is 5.02 Å². The molecular weight excluding hydrogens is 308 g/mol. The van der Waals surface area contributed by atoms with Crippen molar-refractivity contribution in [2.24, 2.45) is 0 Å². The maximum absolute atomic E-state index is 10.5. The minimum absolute atomic E-state index is 0.439. The molecule has 0 saturated heterocycles. The number of rotatable bonds is 5. The molecule has 1 atom stereocenters. The first-order valence-corrected chi connectivity index (χ1v) is 7.94. The minimum Gasteiger partial charge on any atom is -0.493 e. The quantitative estimate of drug-likeness (QED) is 0.838. The van der Waals surface area contributed by atoms with Crippen LogP contribution in [0.4, 0.5) is 0 Å². The highest BCUT2D eigenvalue weighted by Gasteiger charge is 2.18. The van der Waals surface area contributed by atoms with E-state index in [9.17, 15) is 5.11 Å². The maximum atomic E-state index is 10.5. The average Bonchev–Trinajstić information content (AvgIpc) is 2.54. The number of ether oxygens (including phenoxy) is 2. The van der Waals surface area contributed by atoms with E-state index in [0.29, 0.717) is 22.1 Å². The SMILES string of the molecule is COc1cc(Cl)c(C(O)c2ccc(SC)cc2)cc1OC. The number of aliphatic hydroxyl groups excluding tert-OH is 1. The molecule has 1 unspecified atom stereocenters. The van der Waals surface area contributed by atoms with Crippen molar-refractivity contribution in [1.82, 2.24) is 0 Å². The smallest absolute Gasteiger partial charge is 0.162 e. The minimum atomic E-state index is -0.812. The number of hydrogen-bond donors (Lipinski definition) is 1. The van der Waals surface area contributed by atoms with E-state index in [1.54, 1.807) is 38.1 Å². The standard InChI is InChI=1S/C16H17ClO3S/c1-19-14-8-12(13(17)9-15(14)20-2)16(18)10-4-6-11(21-3)7-5-10/h4-9,16,18H,1-3H3. The summed E-state index contributed by atoms with van der Waals surface area (Å²) in [6.07, 6.45) is 1.20. The molecule has 0 aliphatic heterocycles. The molecule has 0 bridgehead atoms. The van der Waals surface area contributed by atoms with E-state index in [-0.39, 0.29) is 0 Å². The van der Waals surface area contributed by atoms with Gasteiger partial charge in [0.1, 0.15) is 6.10 Å². The largest absolute Gasteiger partial charge is 0.493 e. The summed E-state index contributed by atoms with van der Waals surface area (Å²) in [6, 6.07) is 11.1. The monoisotopic (exact) mass is 324 g/mol. The predicted octanol–water partition coefficient (Wildman–Crippen LogP) is 4.16. The van der Waals surface area contributed by atoms with Crippen molar-refractivity contribution in [3.05, 3.63) is 52.5 Å². The lowest BCUT2D eigenvalue weighted by molar-refractivity contribution is 0.219. The average molecular weight is 325 g/mol. The van der Waals surface area contributed by atoms with Gasteiger partial charge in [-0.1, -0.05) is 23.7 Å². The number of thioether (sulfide) groups is 1. The highest BCUT2D eigenvalue weighted by atomic mass is 35.5. The highest BCUT2D eigenvalue weighted by molar-refractivity contribution is 7.98. The Morgan fingerprint density at radius 1 is 1.05 bits per heavy atom. The molecule has 0 radical (unpaired) electrons. The van der Waals surface area contributed by atoms with Crippen LogP contribution < -0.4 is 9.47 Å². The van der Waals surface area contributed by atoms with E-state index in [1.165, 1.54) is 0 Å². The van der Waals surface area contributed by atoms with Gasteiger partial charge in [0.2, 0.25) is 0 Å². The molecule has 112 valence electrons. The third-order valence-corrected chi connectivity index (χ3v) is 4.30. The Kier molecular flexibility index (Phi) is 5.39. The van der Waals surface area contributed by atoms with Gasteiger partial charge < -0.3 is 14.6 Å². The Labute approximate surface area is 133 Å². The molecule has 2 aromatic carbocycles. The Bertz CT molecular complexity index is 614. The van der Waals surface area contributed by atoms with Gasteiger partial charge in [0, 0.05) is 16.5 Å². The summed E-state index contributed by atoms with van der Waals surface area (Å²) in [5.41, 5.74) is 1.37. The summed E-state index contributed by atoms with van der Waals surface area (Å²) in [7, 11) is 3.10. The van der Waals surface area contributed by atoms with Crippen molar-refractivity contribution in [2.45, 2.75) is 11.0 Å². The van der Waals surface area contributed by atoms with Gasteiger partial charge in [-0.3, -0.25) is 0 Å². The van der Waals surface area contributed by atoms with Crippen molar-refractivity contribution < 1.29 is 14.6 Å². The van der Waals surface area contributed by atoms with Gasteiger partial charge >= 0.3 is 0 Å². The van der Waals surface area contributed by atoms with Crippen LogP contribution >= 0.6 is 23.4 Å². The van der Waals surface area contributed by atoms with E-state index >= 15 is 0 Å². The Balaban J connectivity index is 2.39. The second-order valence-electron chi connectivity index (χ2n) is 4.40. The highest BCUT2D eigenvalue weighted by Crippen LogP contribution is 2.37. The van der Waals surface area contributed by atoms with Crippen LogP contribution in [0.25, 0.3) is 0 Å². The molecule has 0 aliphatic carbocycles. The molecule has 0 aromatic heterocycles. The van der Waals surface area contributed by atoms with E-state index in [4.69, 9.17) is 21.1 Å². The van der Waals surface area contributed by atoms with E-state index < -0.39 is 6.10 Å². The van der Waals surface area contributed by atoms with Crippen molar-refractivity contribution in [3.63, 3.8) is 0 Å². The van der Waals surface area contributed by atoms with Crippen molar-refractivity contribution in [2.75, 3.05) is 20.5 Å². The molecule has 3 nitrogen and oxygen atoms in total. The lowest BCUT2D eigenvalue weighted by Gasteiger charge is -2.16. The van der Waals surface area contributed by atoms with Crippen LogP contribution in [0, 0.1) is 0 Å². The summed E-state index contributed by atoms with van der Waals surface area (Å²) in [5, 5.41) is 11.0. The third kappa shape index (κ3) is 3.46. The topological polar surface area (TPSA) is 38.7 Å². The van der Waals surface area contributed by atoms with Crippen molar-refractivity contribution in [3.8, 4) is 11.5 Å². The van der Waals surface area contributed by atoms with E-state index in [0.717, 1.165) is 10.5 Å². The summed E-state index contributed by atoms with van der Waals surface area (Å²) >= 11 is 7.90. The van der Waals surface area contributed by atoms with Gasteiger partial charge in [0.25, 0.3) is 0 Å². The van der Waals surface area contributed by atoms with Gasteiger partial charge in [0.15, 0.2) is 11.5 Å². The Morgan fingerprint density at radius 3 is 2.14 bits per heavy atom. The van der Waals surface area contributed by atoms with Crippen LogP contribution in [0.1, 0.15) is 17.2 Å². The molecule has 2 rings (SSSR count). The third-order valence-electron chi connectivity index (χ3n) is 3.23. The fraction of sp³-hybridized carbons (Fsp3) is 0.250. The van der Waals surface area contributed by atoms with Crippen LogP contribution in [0.5, 0.6) is 11.5 Å². The number of benzene rings is 2.